The van der Waals surface area contributed by atoms with Gasteiger partial charge in [-0.05, 0) is 29.8 Å². The first-order valence-electron chi connectivity index (χ1n) is 4.74. The molecule has 1 aromatic carbocycles. The van der Waals surface area contributed by atoms with Crippen molar-refractivity contribution < 1.29 is 4.39 Å². The van der Waals surface area contributed by atoms with E-state index < -0.39 is 5.95 Å². The van der Waals surface area contributed by atoms with Gasteiger partial charge in [0.05, 0.1) is 0 Å². The fourth-order valence-electron chi connectivity index (χ4n) is 1.42. The molecule has 2 rings (SSSR count). The second-order valence-electron chi connectivity index (χ2n) is 3.19. The number of nitrogens with zero attached hydrogens (tertiary/aromatic N) is 1. The van der Waals surface area contributed by atoms with E-state index in [2.05, 4.69) is 16.3 Å². The maximum atomic E-state index is 13.4. The molecule has 0 bridgehead atoms. The molecule has 0 atom stereocenters. The number of aromatic nitrogens is 1. The lowest BCUT2D eigenvalue weighted by Crippen LogP contribution is -1.89. The number of pyridine rings is 1. The highest BCUT2D eigenvalue weighted by Crippen LogP contribution is 2.22. The summed E-state index contributed by atoms with van der Waals surface area (Å²) in [5.74, 6) is -0.472. The van der Waals surface area contributed by atoms with Crippen LogP contribution in [-0.4, -0.2) is 4.98 Å². The summed E-state index contributed by atoms with van der Waals surface area (Å²) in [4.78, 5) is 3.60. The molecule has 1 N–H and O–H groups in total. The molecule has 0 aliphatic carbocycles. The zero-order valence-corrected chi connectivity index (χ0v) is 8.44. The van der Waals surface area contributed by atoms with E-state index in [-0.39, 0.29) is 0 Å². The van der Waals surface area contributed by atoms with Crippen LogP contribution in [-0.2, 0) is 0 Å². The Morgan fingerprint density at radius 3 is 2.56 bits per heavy atom. The van der Waals surface area contributed by atoms with Crippen molar-refractivity contribution in [1.29, 1.82) is 0 Å². The minimum Gasteiger partial charge on any atom is -0.315 e. The van der Waals surface area contributed by atoms with Gasteiger partial charge in [-0.1, -0.05) is 18.6 Å². The Hall–Kier alpha value is -2.34. The molecular weight excluding hydrogens is 203 g/mol. The monoisotopic (exact) mass is 212 g/mol. The summed E-state index contributed by atoms with van der Waals surface area (Å²) in [6.45, 7) is 0. The summed E-state index contributed by atoms with van der Waals surface area (Å²) in [5, 5.41) is 2.72. The molecule has 3 heteroatoms. The number of benzene rings is 1. The Bertz CT molecular complexity index is 526. The fraction of sp³-hybridized carbons (Fsp3) is 0. The van der Waals surface area contributed by atoms with E-state index in [0.29, 0.717) is 5.56 Å². The number of hydrogen-bond donors (Lipinski definition) is 1. The molecule has 78 valence electrons. The zero-order valence-electron chi connectivity index (χ0n) is 8.44. The molecule has 16 heavy (non-hydrogen) atoms. The van der Waals surface area contributed by atoms with Gasteiger partial charge in [-0.2, -0.15) is 4.39 Å². The summed E-state index contributed by atoms with van der Waals surface area (Å²) in [6, 6.07) is 12.9. The molecule has 1 aromatic heterocycles. The largest absolute Gasteiger partial charge is 0.315 e. The number of halogens is 1. The van der Waals surface area contributed by atoms with Gasteiger partial charge >= 0.3 is 0 Å². The van der Waals surface area contributed by atoms with Crippen LogP contribution in [0.5, 0.6) is 0 Å². The van der Waals surface area contributed by atoms with Crippen LogP contribution in [0.2, 0.25) is 0 Å². The van der Waals surface area contributed by atoms with Gasteiger partial charge in [-0.25, -0.2) is 4.98 Å². The molecule has 0 aliphatic heterocycles. The van der Waals surface area contributed by atoms with Gasteiger partial charge in [0.25, 0.3) is 0 Å². The van der Waals surface area contributed by atoms with Crippen LogP contribution in [0.4, 0.5) is 10.1 Å². The fourth-order valence-corrected chi connectivity index (χ4v) is 1.42. The number of terminal acetylenes is 1. The summed E-state index contributed by atoms with van der Waals surface area (Å²) in [5.41, 5.74) is 2.05. The first-order valence-corrected chi connectivity index (χ1v) is 4.74. The van der Waals surface area contributed by atoms with Gasteiger partial charge in [0.15, 0.2) is 0 Å². The number of anilines is 1. The van der Waals surface area contributed by atoms with Crippen LogP contribution in [0.15, 0.2) is 42.6 Å². The van der Waals surface area contributed by atoms with Crippen LogP contribution in [0.1, 0.15) is 0 Å². The highest BCUT2D eigenvalue weighted by Gasteiger charge is 2.04. The molecule has 0 fully saturated rings. The molecule has 2 aromatic rings. The van der Waals surface area contributed by atoms with Crippen molar-refractivity contribution in [3.05, 3.63) is 48.5 Å². The van der Waals surface area contributed by atoms with Crippen molar-refractivity contribution in [1.82, 2.24) is 4.98 Å². The zero-order chi connectivity index (χ0) is 11.4. The first kappa shape index (κ1) is 10.2. The summed E-state index contributed by atoms with van der Waals surface area (Å²) in [7, 11) is 0. The van der Waals surface area contributed by atoms with Crippen LogP contribution in [0, 0.1) is 18.4 Å². The summed E-state index contributed by atoms with van der Waals surface area (Å²) < 4.78 is 13.4. The van der Waals surface area contributed by atoms with Gasteiger partial charge in [0.1, 0.15) is 0 Å². The maximum absolute atomic E-state index is 13.4. The third-order valence-corrected chi connectivity index (χ3v) is 2.17. The van der Waals surface area contributed by atoms with E-state index in [1.165, 1.54) is 6.20 Å². The van der Waals surface area contributed by atoms with E-state index >= 15 is 0 Å². The highest BCUT2D eigenvalue weighted by molar-refractivity contribution is 5.66. The molecule has 0 saturated carbocycles. The molecular formula is C13H9FN2. The molecule has 0 amide bonds. The standard InChI is InChI=1S/C13H9FN2/c1-2-15-11-7-5-10(6-8-11)12-4-3-9-16-13(12)14/h1,3-9,15H. The topological polar surface area (TPSA) is 24.9 Å². The Morgan fingerprint density at radius 1 is 1.19 bits per heavy atom. The Balaban J connectivity index is 2.36. The van der Waals surface area contributed by atoms with Crippen molar-refractivity contribution >= 4 is 5.69 Å². The summed E-state index contributed by atoms with van der Waals surface area (Å²) in [6.07, 6.45) is 6.53. The molecule has 0 radical (unpaired) electrons. The van der Waals surface area contributed by atoms with E-state index in [1.54, 1.807) is 36.4 Å². The smallest absolute Gasteiger partial charge is 0.220 e. The quantitative estimate of drug-likeness (QED) is 0.470. The lowest BCUT2D eigenvalue weighted by molar-refractivity contribution is 0.587. The lowest BCUT2D eigenvalue weighted by atomic mass is 10.1. The molecule has 1 heterocycles. The Kier molecular flexibility index (Phi) is 2.84. The van der Waals surface area contributed by atoms with E-state index in [1.807, 2.05) is 0 Å². The molecule has 0 aliphatic rings. The molecule has 0 spiro atoms. The SMILES string of the molecule is C#CNc1ccc(-c2cccnc2F)cc1. The number of rotatable bonds is 2. The highest BCUT2D eigenvalue weighted by atomic mass is 19.1. The Morgan fingerprint density at radius 2 is 1.94 bits per heavy atom. The summed E-state index contributed by atoms with van der Waals surface area (Å²) >= 11 is 0. The minimum absolute atomic E-state index is 0.472. The van der Waals surface area contributed by atoms with Gasteiger partial charge in [0.2, 0.25) is 5.95 Å². The molecule has 0 unspecified atom stereocenters. The maximum Gasteiger partial charge on any atom is 0.220 e. The van der Waals surface area contributed by atoms with Crippen molar-refractivity contribution in [2.75, 3.05) is 5.32 Å². The van der Waals surface area contributed by atoms with Gasteiger partial charge < -0.3 is 5.32 Å². The van der Waals surface area contributed by atoms with Crippen LogP contribution >= 0.6 is 0 Å². The normalized spacial score (nSPS) is 9.50. The van der Waals surface area contributed by atoms with Gasteiger partial charge in [-0.3, -0.25) is 0 Å². The second kappa shape index (κ2) is 4.45. The number of nitrogens with one attached hydrogen (secondary N) is 1. The Labute approximate surface area is 93.2 Å². The average Bonchev–Trinajstić information content (AvgIpc) is 2.31. The predicted octanol–water partition coefficient (Wildman–Crippen LogP) is 2.89. The second-order valence-corrected chi connectivity index (χ2v) is 3.19. The third kappa shape index (κ3) is 2.01. The average molecular weight is 212 g/mol. The first-order chi connectivity index (χ1) is 7.81. The minimum atomic E-state index is -0.472. The number of hydrogen-bond acceptors (Lipinski definition) is 2. The van der Waals surface area contributed by atoms with E-state index in [0.717, 1.165) is 11.3 Å². The van der Waals surface area contributed by atoms with Crippen LogP contribution in [0.25, 0.3) is 11.1 Å². The van der Waals surface area contributed by atoms with Crippen LogP contribution < -0.4 is 5.32 Å². The van der Waals surface area contributed by atoms with Crippen molar-refractivity contribution in [3.8, 4) is 23.6 Å². The third-order valence-electron chi connectivity index (χ3n) is 2.17. The predicted molar refractivity (Wildman–Crippen MR) is 62.1 cm³/mol. The van der Waals surface area contributed by atoms with Crippen LogP contribution in [0.3, 0.4) is 0 Å². The molecule has 2 nitrogen and oxygen atoms in total. The lowest BCUT2D eigenvalue weighted by Gasteiger charge is -2.03. The van der Waals surface area contributed by atoms with Gasteiger partial charge in [-0.15, -0.1) is 0 Å². The van der Waals surface area contributed by atoms with E-state index in [9.17, 15) is 4.39 Å². The van der Waals surface area contributed by atoms with Crippen molar-refractivity contribution in [2.45, 2.75) is 0 Å². The van der Waals surface area contributed by atoms with Crippen molar-refractivity contribution in [2.24, 2.45) is 0 Å². The molecule has 0 saturated heterocycles. The van der Waals surface area contributed by atoms with Crippen molar-refractivity contribution in [3.63, 3.8) is 0 Å². The van der Waals surface area contributed by atoms with Gasteiger partial charge in [0, 0.05) is 23.5 Å². The van der Waals surface area contributed by atoms with E-state index in [4.69, 9.17) is 6.42 Å².